The van der Waals surface area contributed by atoms with Crippen LogP contribution in [0.2, 0.25) is 0 Å². The molecule has 0 spiro atoms. The van der Waals surface area contributed by atoms with E-state index >= 15 is 0 Å². The Morgan fingerprint density at radius 1 is 0.423 bits per heavy atom. The van der Waals surface area contributed by atoms with Gasteiger partial charge in [-0.3, -0.25) is 0 Å². The fourth-order valence-corrected chi connectivity index (χ4v) is 4.18. The van der Waals surface area contributed by atoms with Gasteiger partial charge in [-0.2, -0.15) is 0 Å². The van der Waals surface area contributed by atoms with E-state index in [1.165, 1.54) is 36.4 Å². The molecular weight excluding hydrogens is 718 g/mol. The number of phenolic OH excluding ortho intramolecular Hbond substituents is 2. The predicted molar refractivity (Wildman–Crippen MR) is 194 cm³/mol. The molecule has 0 fully saturated rings. The van der Waals surface area contributed by atoms with Crippen LogP contribution < -0.4 is 15.3 Å². The SMILES string of the molecule is Cc1ccc2cccc(O)c2n1.Cc1ccc2cccc(O)c2n1.O=C([O-])c1ccccc1.O=C([O-])c1ccccc1.O=C([O-])c1ccccc1.[Ga+3]. The quantitative estimate of drug-likeness (QED) is 0.247. The van der Waals surface area contributed by atoms with E-state index in [2.05, 4.69) is 9.97 Å². The molecule has 0 saturated heterocycles. The van der Waals surface area contributed by atoms with Gasteiger partial charge >= 0.3 is 19.8 Å². The number of benzene rings is 5. The first-order valence-electron chi connectivity index (χ1n) is 15.4. The van der Waals surface area contributed by atoms with Crippen LogP contribution in [0, 0.1) is 13.8 Å². The number of phenols is 2. The summed E-state index contributed by atoms with van der Waals surface area (Å²) in [6, 6.07) is 42.8. The van der Waals surface area contributed by atoms with Gasteiger partial charge in [0.05, 0.1) is 17.9 Å². The topological polar surface area (TPSA) is 187 Å². The Hall–Kier alpha value is -6.43. The average Bonchev–Trinajstić information content (AvgIpc) is 3.14. The van der Waals surface area contributed by atoms with Crippen LogP contribution >= 0.6 is 0 Å². The monoisotopic (exact) mass is 750 g/mol. The maximum absolute atomic E-state index is 10.1. The van der Waals surface area contributed by atoms with Crippen molar-refractivity contribution in [2.24, 2.45) is 0 Å². The third kappa shape index (κ3) is 13.8. The molecular formula is C41H33GaN2O8. The van der Waals surface area contributed by atoms with E-state index in [4.69, 9.17) is 0 Å². The fourth-order valence-electron chi connectivity index (χ4n) is 4.18. The molecule has 0 bridgehead atoms. The number of nitrogens with zero attached hydrogens (tertiary/aromatic N) is 2. The number of hydrogen-bond donors (Lipinski definition) is 2. The Labute approximate surface area is 313 Å². The van der Waals surface area contributed by atoms with Gasteiger partial charge in [-0.15, -0.1) is 0 Å². The van der Waals surface area contributed by atoms with E-state index in [1.807, 2.05) is 62.4 Å². The molecule has 0 unspecified atom stereocenters. The van der Waals surface area contributed by atoms with E-state index in [0.717, 1.165) is 22.2 Å². The second-order valence-corrected chi connectivity index (χ2v) is 10.6. The van der Waals surface area contributed by atoms with E-state index < -0.39 is 17.9 Å². The molecule has 7 rings (SSSR count). The number of aromatic hydroxyl groups is 2. The summed E-state index contributed by atoms with van der Waals surface area (Å²) in [7, 11) is 0. The minimum atomic E-state index is -1.13. The van der Waals surface area contributed by atoms with Crippen molar-refractivity contribution in [2.75, 3.05) is 0 Å². The van der Waals surface area contributed by atoms with Gasteiger partial charge in [-0.05, 0) is 54.8 Å². The van der Waals surface area contributed by atoms with Crippen LogP contribution in [0.1, 0.15) is 42.5 Å². The minimum absolute atomic E-state index is 0. The number of para-hydroxylation sites is 2. The minimum Gasteiger partial charge on any atom is -0.545 e. The summed E-state index contributed by atoms with van der Waals surface area (Å²) in [4.78, 5) is 38.7. The van der Waals surface area contributed by atoms with Crippen LogP contribution in [0.5, 0.6) is 11.5 Å². The number of hydrogen-bond acceptors (Lipinski definition) is 10. The van der Waals surface area contributed by atoms with Crippen molar-refractivity contribution in [1.29, 1.82) is 0 Å². The number of aromatic carboxylic acids is 3. The third-order valence-corrected chi connectivity index (χ3v) is 6.70. The normalized spacial score (nSPS) is 9.42. The zero-order chi connectivity index (χ0) is 37.2. The Morgan fingerprint density at radius 2 is 0.712 bits per heavy atom. The standard InChI is InChI=1S/2C10H9NO.3C7H6O2.Ga/c2*1-7-5-6-8-3-2-4-9(12)10(8)11-7;3*8-7(9)6-4-2-1-3-5-6;/h2*2-6,12H,1H3;3*1-5H,(H,8,9);/q;;;;;+3/p-3. The van der Waals surface area contributed by atoms with E-state index in [1.54, 1.807) is 66.7 Å². The molecule has 5 aromatic carbocycles. The van der Waals surface area contributed by atoms with Gasteiger partial charge in [0.2, 0.25) is 0 Å². The van der Waals surface area contributed by atoms with Gasteiger partial charge in [0.15, 0.2) is 0 Å². The molecule has 2 N–H and O–H groups in total. The Bertz CT molecular complexity index is 1980. The van der Waals surface area contributed by atoms with Crippen molar-refractivity contribution >= 4 is 59.5 Å². The number of pyridine rings is 2. The largest absolute Gasteiger partial charge is 3.00 e. The van der Waals surface area contributed by atoms with Crippen LogP contribution in [0.3, 0.4) is 0 Å². The number of carboxylic acids is 3. The molecule has 0 aliphatic heterocycles. The molecule has 0 atom stereocenters. The summed E-state index contributed by atoms with van der Waals surface area (Å²) in [5, 5.41) is 51.1. The van der Waals surface area contributed by atoms with Crippen molar-refractivity contribution in [3.63, 3.8) is 0 Å². The van der Waals surface area contributed by atoms with E-state index in [9.17, 15) is 39.9 Å². The summed E-state index contributed by atoms with van der Waals surface area (Å²) in [6.45, 7) is 3.82. The molecule has 52 heavy (non-hydrogen) atoms. The van der Waals surface area contributed by atoms with Crippen molar-refractivity contribution < 1.29 is 39.9 Å². The maximum Gasteiger partial charge on any atom is 3.00 e. The number of carbonyl (C=O) groups is 3. The summed E-state index contributed by atoms with van der Waals surface area (Å²) in [5.41, 5.74) is 3.86. The van der Waals surface area contributed by atoms with Crippen LogP contribution in [-0.2, 0) is 0 Å². The summed E-state index contributed by atoms with van der Waals surface area (Å²) >= 11 is 0. The van der Waals surface area contributed by atoms with Gasteiger partial charge in [0, 0.05) is 22.2 Å². The first-order chi connectivity index (χ1) is 24.5. The van der Waals surface area contributed by atoms with Crippen LogP contribution in [-0.4, -0.2) is 57.9 Å². The van der Waals surface area contributed by atoms with Gasteiger partial charge in [-0.1, -0.05) is 127 Å². The molecule has 0 saturated carbocycles. The molecule has 0 aliphatic carbocycles. The first kappa shape index (κ1) is 41.7. The number of rotatable bonds is 3. The van der Waals surface area contributed by atoms with Crippen molar-refractivity contribution in [2.45, 2.75) is 13.8 Å². The molecule has 2 aromatic heterocycles. The summed E-state index contributed by atoms with van der Waals surface area (Å²) < 4.78 is 0. The molecule has 7 aromatic rings. The van der Waals surface area contributed by atoms with Crippen LogP contribution in [0.4, 0.5) is 0 Å². The zero-order valence-corrected chi connectivity index (χ0v) is 30.7. The molecule has 258 valence electrons. The van der Waals surface area contributed by atoms with Gasteiger partial charge < -0.3 is 39.9 Å². The zero-order valence-electron chi connectivity index (χ0n) is 28.2. The first-order valence-corrected chi connectivity index (χ1v) is 15.4. The fraction of sp³-hybridized carbons (Fsp3) is 0.0488. The number of aryl methyl sites for hydroxylation is 2. The van der Waals surface area contributed by atoms with Gasteiger partial charge in [-0.25, -0.2) is 9.97 Å². The maximum atomic E-state index is 10.1. The van der Waals surface area contributed by atoms with E-state index in [0.29, 0.717) is 11.0 Å². The van der Waals surface area contributed by atoms with Gasteiger partial charge in [0.25, 0.3) is 0 Å². The van der Waals surface area contributed by atoms with Crippen molar-refractivity contribution in [1.82, 2.24) is 9.97 Å². The predicted octanol–water partition coefficient (Wildman–Crippen LogP) is 4.27. The molecule has 11 heteroatoms. The van der Waals surface area contributed by atoms with Gasteiger partial charge in [0.1, 0.15) is 22.5 Å². The molecule has 0 aliphatic rings. The average molecular weight is 751 g/mol. The number of fused-ring (bicyclic) bond motifs is 2. The number of aromatic nitrogens is 2. The summed E-state index contributed by atoms with van der Waals surface area (Å²) in [5.74, 6) is -2.89. The second-order valence-electron chi connectivity index (χ2n) is 10.6. The molecule has 2 heterocycles. The number of carboxylic acid groups (broad SMARTS) is 3. The smallest absolute Gasteiger partial charge is 0.545 e. The van der Waals surface area contributed by atoms with Crippen molar-refractivity contribution in [3.05, 3.63) is 180 Å². The second kappa shape index (κ2) is 21.6. The van der Waals surface area contributed by atoms with Crippen molar-refractivity contribution in [3.8, 4) is 11.5 Å². The number of carbonyl (C=O) groups excluding carboxylic acids is 3. The molecule has 10 nitrogen and oxygen atoms in total. The summed E-state index contributed by atoms with van der Waals surface area (Å²) in [6.07, 6.45) is 0. The Balaban J connectivity index is 0.000000226. The Kier molecular flexibility index (Phi) is 17.3. The van der Waals surface area contributed by atoms with E-state index in [-0.39, 0.29) is 48.0 Å². The van der Waals surface area contributed by atoms with Crippen LogP contribution in [0.25, 0.3) is 21.8 Å². The Morgan fingerprint density at radius 3 is 0.962 bits per heavy atom. The molecule has 0 amide bonds. The third-order valence-electron chi connectivity index (χ3n) is 6.70. The molecule has 0 radical (unpaired) electrons. The van der Waals surface area contributed by atoms with Crippen LogP contribution in [0.15, 0.2) is 152 Å².